The fourth-order valence-electron chi connectivity index (χ4n) is 1.07. The van der Waals surface area contributed by atoms with Gasteiger partial charge in [0.25, 0.3) is 6.43 Å². The van der Waals surface area contributed by atoms with Crippen LogP contribution < -0.4 is 5.73 Å². The lowest BCUT2D eigenvalue weighted by molar-refractivity contribution is 0.0985. The fraction of sp³-hybridized carbons (Fsp3) is 0.250. The van der Waals surface area contributed by atoms with E-state index in [1.165, 1.54) is 19.2 Å². The molecule has 70 valence electrons. The first-order valence-electron chi connectivity index (χ1n) is 3.57. The van der Waals surface area contributed by atoms with Gasteiger partial charge in [0.1, 0.15) is 0 Å². The summed E-state index contributed by atoms with van der Waals surface area (Å²) in [5.41, 5.74) is 4.51. The molecule has 0 unspecified atom stereocenters. The maximum Gasteiger partial charge on any atom is 0.266 e. The highest BCUT2D eigenvalue weighted by molar-refractivity contribution is 5.94. The highest BCUT2D eigenvalue weighted by Crippen LogP contribution is 2.24. The number of aryl methyl sites for hydroxylation is 1. The number of hydrogen-bond donors (Lipinski definition) is 1. The van der Waals surface area contributed by atoms with Gasteiger partial charge in [-0.1, -0.05) is 0 Å². The van der Waals surface area contributed by atoms with Crippen LogP contribution in [0.3, 0.4) is 0 Å². The van der Waals surface area contributed by atoms with Crippen molar-refractivity contribution in [3.8, 4) is 0 Å². The first-order valence-corrected chi connectivity index (χ1v) is 3.57. The zero-order valence-electron chi connectivity index (χ0n) is 6.92. The molecule has 2 N–H and O–H groups in total. The SMILES string of the molecule is Cc1nccc(C(N)=O)c1C(F)F. The van der Waals surface area contributed by atoms with E-state index in [9.17, 15) is 13.6 Å². The lowest BCUT2D eigenvalue weighted by Crippen LogP contribution is -2.15. The number of aromatic nitrogens is 1. The van der Waals surface area contributed by atoms with Crippen LogP contribution in [-0.2, 0) is 0 Å². The van der Waals surface area contributed by atoms with E-state index in [4.69, 9.17) is 5.73 Å². The molecule has 0 spiro atoms. The Morgan fingerprint density at radius 3 is 2.62 bits per heavy atom. The molecule has 1 aromatic rings. The second-order valence-electron chi connectivity index (χ2n) is 2.52. The highest BCUT2D eigenvalue weighted by atomic mass is 19.3. The predicted octanol–water partition coefficient (Wildman–Crippen LogP) is 1.43. The molecule has 1 rings (SSSR count). The predicted molar refractivity (Wildman–Crippen MR) is 42.4 cm³/mol. The summed E-state index contributed by atoms with van der Waals surface area (Å²) >= 11 is 0. The number of nitrogens with zero attached hydrogens (tertiary/aromatic N) is 1. The maximum absolute atomic E-state index is 12.4. The van der Waals surface area contributed by atoms with E-state index in [0.29, 0.717) is 0 Å². The molecule has 0 aliphatic heterocycles. The van der Waals surface area contributed by atoms with Crippen molar-refractivity contribution in [3.05, 3.63) is 29.1 Å². The highest BCUT2D eigenvalue weighted by Gasteiger charge is 2.19. The van der Waals surface area contributed by atoms with Crippen LogP contribution in [-0.4, -0.2) is 10.9 Å². The summed E-state index contributed by atoms with van der Waals surface area (Å²) in [6.07, 6.45) is -1.45. The van der Waals surface area contributed by atoms with Crippen molar-refractivity contribution in [1.82, 2.24) is 4.98 Å². The van der Waals surface area contributed by atoms with Crippen LogP contribution in [0.15, 0.2) is 12.3 Å². The van der Waals surface area contributed by atoms with E-state index in [0.717, 1.165) is 0 Å². The monoisotopic (exact) mass is 186 g/mol. The summed E-state index contributed by atoms with van der Waals surface area (Å²) in [7, 11) is 0. The molecular formula is C8H8F2N2O. The van der Waals surface area contributed by atoms with Crippen LogP contribution in [0.25, 0.3) is 0 Å². The molecule has 0 fully saturated rings. The van der Waals surface area contributed by atoms with Crippen LogP contribution >= 0.6 is 0 Å². The van der Waals surface area contributed by atoms with E-state index < -0.39 is 12.3 Å². The van der Waals surface area contributed by atoms with Gasteiger partial charge in [-0.3, -0.25) is 9.78 Å². The summed E-state index contributed by atoms with van der Waals surface area (Å²) in [4.78, 5) is 14.4. The van der Waals surface area contributed by atoms with Gasteiger partial charge in [0.05, 0.1) is 11.1 Å². The Morgan fingerprint density at radius 1 is 1.62 bits per heavy atom. The zero-order valence-corrected chi connectivity index (χ0v) is 6.92. The molecule has 1 heterocycles. The van der Waals surface area contributed by atoms with Gasteiger partial charge in [-0.05, 0) is 13.0 Å². The fourth-order valence-corrected chi connectivity index (χ4v) is 1.07. The molecule has 1 aromatic heterocycles. The summed E-state index contributed by atoms with van der Waals surface area (Å²) in [6, 6.07) is 1.19. The lowest BCUT2D eigenvalue weighted by Gasteiger charge is -2.07. The number of nitrogens with two attached hydrogens (primary N) is 1. The quantitative estimate of drug-likeness (QED) is 0.759. The molecule has 0 radical (unpaired) electrons. The summed E-state index contributed by atoms with van der Waals surface area (Å²) in [5.74, 6) is -0.860. The van der Waals surface area contributed by atoms with Gasteiger partial charge < -0.3 is 5.73 Å². The average molecular weight is 186 g/mol. The zero-order chi connectivity index (χ0) is 10.0. The average Bonchev–Trinajstić information content (AvgIpc) is 2.02. The van der Waals surface area contributed by atoms with E-state index in [-0.39, 0.29) is 16.8 Å². The molecule has 5 heteroatoms. The Bertz CT molecular complexity index is 339. The largest absolute Gasteiger partial charge is 0.366 e. The second-order valence-corrected chi connectivity index (χ2v) is 2.52. The summed E-state index contributed by atoms with van der Waals surface area (Å²) < 4.78 is 24.8. The van der Waals surface area contributed by atoms with Gasteiger partial charge in [0, 0.05) is 11.9 Å². The van der Waals surface area contributed by atoms with E-state index in [1.54, 1.807) is 0 Å². The third kappa shape index (κ3) is 1.80. The number of alkyl halides is 2. The topological polar surface area (TPSA) is 56.0 Å². The molecule has 0 saturated carbocycles. The summed E-state index contributed by atoms with van der Waals surface area (Å²) in [6.45, 7) is 1.41. The van der Waals surface area contributed by atoms with Crippen LogP contribution in [0.5, 0.6) is 0 Å². The number of rotatable bonds is 2. The molecule has 0 atom stereocenters. The smallest absolute Gasteiger partial charge is 0.266 e. The first-order chi connectivity index (χ1) is 6.04. The minimum absolute atomic E-state index is 0.131. The van der Waals surface area contributed by atoms with Crippen LogP contribution in [0.1, 0.15) is 28.0 Å². The van der Waals surface area contributed by atoms with Gasteiger partial charge in [-0.25, -0.2) is 8.78 Å². The Morgan fingerprint density at radius 2 is 2.23 bits per heavy atom. The van der Waals surface area contributed by atoms with Crippen LogP contribution in [0.2, 0.25) is 0 Å². The van der Waals surface area contributed by atoms with Crippen molar-refractivity contribution in [1.29, 1.82) is 0 Å². The Kier molecular flexibility index (Phi) is 2.55. The van der Waals surface area contributed by atoms with Gasteiger partial charge in [-0.15, -0.1) is 0 Å². The molecular weight excluding hydrogens is 178 g/mol. The summed E-state index contributed by atoms with van der Waals surface area (Å²) in [5, 5.41) is 0. The van der Waals surface area contributed by atoms with Gasteiger partial charge >= 0.3 is 0 Å². The molecule has 1 amide bonds. The van der Waals surface area contributed by atoms with E-state index in [2.05, 4.69) is 4.98 Å². The number of carbonyl (C=O) groups excluding carboxylic acids is 1. The number of hydrogen-bond acceptors (Lipinski definition) is 2. The molecule has 0 aromatic carbocycles. The number of pyridine rings is 1. The van der Waals surface area contributed by atoms with Crippen LogP contribution in [0, 0.1) is 6.92 Å². The number of amides is 1. The van der Waals surface area contributed by atoms with Gasteiger partial charge in [-0.2, -0.15) is 0 Å². The van der Waals surface area contributed by atoms with Crippen molar-refractivity contribution in [2.75, 3.05) is 0 Å². The second kappa shape index (κ2) is 3.47. The van der Waals surface area contributed by atoms with E-state index >= 15 is 0 Å². The molecule has 0 aliphatic rings. The number of halogens is 2. The maximum atomic E-state index is 12.4. The standard InChI is InChI=1S/C8H8F2N2O/c1-4-6(7(9)10)5(8(11)13)2-3-12-4/h2-3,7H,1H3,(H2,11,13). The van der Waals surface area contributed by atoms with Gasteiger partial charge in [0.15, 0.2) is 0 Å². The third-order valence-electron chi connectivity index (χ3n) is 1.67. The number of primary amides is 1. The minimum Gasteiger partial charge on any atom is -0.366 e. The molecule has 0 saturated heterocycles. The Hall–Kier alpha value is -1.52. The Labute approximate surface area is 73.6 Å². The molecule has 0 aliphatic carbocycles. The molecule has 13 heavy (non-hydrogen) atoms. The minimum atomic E-state index is -2.73. The van der Waals surface area contributed by atoms with Gasteiger partial charge in [0.2, 0.25) is 5.91 Å². The number of carbonyl (C=O) groups is 1. The Balaban J connectivity index is 3.34. The third-order valence-corrected chi connectivity index (χ3v) is 1.67. The van der Waals surface area contributed by atoms with Crippen LogP contribution in [0.4, 0.5) is 8.78 Å². The van der Waals surface area contributed by atoms with Crippen molar-refractivity contribution in [3.63, 3.8) is 0 Å². The van der Waals surface area contributed by atoms with Crippen molar-refractivity contribution >= 4 is 5.91 Å². The van der Waals surface area contributed by atoms with Crippen molar-refractivity contribution in [2.24, 2.45) is 5.73 Å². The van der Waals surface area contributed by atoms with Crippen molar-refractivity contribution in [2.45, 2.75) is 13.3 Å². The molecule has 3 nitrogen and oxygen atoms in total. The first kappa shape index (κ1) is 9.57. The van der Waals surface area contributed by atoms with E-state index in [1.807, 2.05) is 0 Å². The molecule has 0 bridgehead atoms. The normalized spacial score (nSPS) is 10.5. The lowest BCUT2D eigenvalue weighted by atomic mass is 10.1. The van der Waals surface area contributed by atoms with Crippen molar-refractivity contribution < 1.29 is 13.6 Å².